The van der Waals surface area contributed by atoms with Gasteiger partial charge < -0.3 is 25.0 Å². The SMILES string of the molecule is COC(=O)C(CN(CCNc1ccccn1)C(=O)c1ccc2c(c1)C=NC2)NC(=O)OCc1ccccc1. The molecule has 1 atom stereocenters. The van der Waals surface area contributed by atoms with E-state index < -0.39 is 18.1 Å². The predicted octanol–water partition coefficient (Wildman–Crippen LogP) is 3.04. The summed E-state index contributed by atoms with van der Waals surface area (Å²) in [6, 6.07) is 18.9. The third kappa shape index (κ3) is 7.16. The maximum absolute atomic E-state index is 13.6. The van der Waals surface area contributed by atoms with Crippen LogP contribution in [0, 0.1) is 0 Å². The molecule has 38 heavy (non-hydrogen) atoms. The second-order valence-corrected chi connectivity index (χ2v) is 8.56. The summed E-state index contributed by atoms with van der Waals surface area (Å²) in [4.78, 5) is 48.6. The smallest absolute Gasteiger partial charge is 0.408 e. The lowest BCUT2D eigenvalue weighted by Crippen LogP contribution is -2.51. The van der Waals surface area contributed by atoms with Gasteiger partial charge in [-0.3, -0.25) is 9.79 Å². The molecule has 0 bridgehead atoms. The second-order valence-electron chi connectivity index (χ2n) is 8.56. The molecule has 3 aromatic rings. The molecule has 1 aliphatic heterocycles. The van der Waals surface area contributed by atoms with Gasteiger partial charge in [-0.1, -0.05) is 42.5 Å². The Kier molecular flexibility index (Phi) is 9.01. The van der Waals surface area contributed by atoms with Crippen LogP contribution in [-0.4, -0.2) is 66.9 Å². The fourth-order valence-corrected chi connectivity index (χ4v) is 3.93. The highest BCUT2D eigenvalue weighted by molar-refractivity contribution is 5.97. The van der Waals surface area contributed by atoms with Gasteiger partial charge in [0.1, 0.15) is 18.5 Å². The van der Waals surface area contributed by atoms with E-state index in [1.165, 1.54) is 12.0 Å². The van der Waals surface area contributed by atoms with Crippen LogP contribution in [0.3, 0.4) is 0 Å². The van der Waals surface area contributed by atoms with Crippen molar-refractivity contribution in [2.75, 3.05) is 32.1 Å². The molecule has 2 aromatic carbocycles. The number of hydrogen-bond acceptors (Lipinski definition) is 8. The Morgan fingerprint density at radius 3 is 2.63 bits per heavy atom. The largest absolute Gasteiger partial charge is 0.467 e. The van der Waals surface area contributed by atoms with Gasteiger partial charge in [0.05, 0.1) is 20.2 Å². The third-order valence-electron chi connectivity index (χ3n) is 5.92. The number of aliphatic imine (C=N–C) groups is 1. The van der Waals surface area contributed by atoms with Crippen LogP contribution in [0.4, 0.5) is 10.6 Å². The van der Waals surface area contributed by atoms with Gasteiger partial charge in [-0.15, -0.1) is 0 Å². The lowest BCUT2D eigenvalue weighted by molar-refractivity contribution is -0.143. The number of alkyl carbamates (subject to hydrolysis) is 1. The molecule has 0 spiro atoms. The van der Waals surface area contributed by atoms with E-state index in [1.807, 2.05) is 54.6 Å². The molecule has 0 fully saturated rings. The van der Waals surface area contributed by atoms with Gasteiger partial charge in [0.15, 0.2) is 0 Å². The van der Waals surface area contributed by atoms with E-state index in [-0.39, 0.29) is 25.6 Å². The summed E-state index contributed by atoms with van der Waals surface area (Å²) in [5.74, 6) is -0.344. The van der Waals surface area contributed by atoms with Crippen molar-refractivity contribution < 1.29 is 23.9 Å². The Morgan fingerprint density at radius 1 is 1.05 bits per heavy atom. The molecular weight excluding hydrogens is 486 g/mol. The quantitative estimate of drug-likeness (QED) is 0.377. The molecule has 0 saturated carbocycles. The van der Waals surface area contributed by atoms with Crippen molar-refractivity contribution in [2.24, 2.45) is 4.99 Å². The number of anilines is 1. The molecule has 10 heteroatoms. The van der Waals surface area contributed by atoms with Gasteiger partial charge in [0.25, 0.3) is 5.91 Å². The summed E-state index contributed by atoms with van der Waals surface area (Å²) in [5, 5.41) is 5.71. The van der Waals surface area contributed by atoms with E-state index in [0.717, 1.165) is 16.7 Å². The maximum atomic E-state index is 13.6. The summed E-state index contributed by atoms with van der Waals surface area (Å²) in [7, 11) is 1.22. The van der Waals surface area contributed by atoms with E-state index in [1.54, 1.807) is 24.5 Å². The molecule has 0 radical (unpaired) electrons. The van der Waals surface area contributed by atoms with Crippen LogP contribution in [0.2, 0.25) is 0 Å². The first-order chi connectivity index (χ1) is 18.5. The van der Waals surface area contributed by atoms with Crippen molar-refractivity contribution in [1.29, 1.82) is 0 Å². The van der Waals surface area contributed by atoms with Gasteiger partial charge >= 0.3 is 12.1 Å². The number of rotatable bonds is 11. The average Bonchev–Trinajstić information content (AvgIpc) is 3.43. The Bertz CT molecular complexity index is 1280. The minimum Gasteiger partial charge on any atom is -0.467 e. The van der Waals surface area contributed by atoms with Crippen LogP contribution in [0.25, 0.3) is 0 Å². The number of methoxy groups -OCH3 is 1. The Morgan fingerprint density at radius 2 is 1.87 bits per heavy atom. The molecule has 1 aromatic heterocycles. The summed E-state index contributed by atoms with van der Waals surface area (Å²) < 4.78 is 10.2. The van der Waals surface area contributed by atoms with Crippen LogP contribution in [0.1, 0.15) is 27.0 Å². The van der Waals surface area contributed by atoms with Crippen LogP contribution in [-0.2, 0) is 27.4 Å². The van der Waals surface area contributed by atoms with Gasteiger partial charge in [-0.25, -0.2) is 14.6 Å². The number of fused-ring (bicyclic) bond motifs is 1. The molecule has 2 amide bonds. The van der Waals surface area contributed by atoms with Crippen molar-refractivity contribution in [3.63, 3.8) is 0 Å². The van der Waals surface area contributed by atoms with Gasteiger partial charge in [-0.2, -0.15) is 0 Å². The lowest BCUT2D eigenvalue weighted by atomic mass is 10.1. The monoisotopic (exact) mass is 515 g/mol. The molecule has 1 unspecified atom stereocenters. The molecule has 0 aliphatic carbocycles. The lowest BCUT2D eigenvalue weighted by Gasteiger charge is -2.27. The highest BCUT2D eigenvalue weighted by Crippen LogP contribution is 2.18. The molecule has 10 nitrogen and oxygen atoms in total. The number of pyridine rings is 1. The zero-order valence-electron chi connectivity index (χ0n) is 21.0. The number of aromatic nitrogens is 1. The normalized spacial score (nSPS) is 12.2. The third-order valence-corrected chi connectivity index (χ3v) is 5.92. The first-order valence-electron chi connectivity index (χ1n) is 12.2. The number of carbonyl (C=O) groups excluding carboxylic acids is 3. The van der Waals surface area contributed by atoms with Crippen LogP contribution < -0.4 is 10.6 Å². The summed E-state index contributed by atoms with van der Waals surface area (Å²) in [5.41, 5.74) is 3.18. The molecular formula is C28H29N5O5. The fraction of sp³-hybridized carbons (Fsp3) is 0.250. The van der Waals surface area contributed by atoms with Crippen molar-refractivity contribution >= 4 is 30.0 Å². The molecule has 4 rings (SSSR count). The zero-order chi connectivity index (χ0) is 26.7. The number of hydrogen-bond donors (Lipinski definition) is 2. The molecule has 2 heterocycles. The minimum absolute atomic E-state index is 0.0356. The number of carbonyl (C=O) groups is 3. The number of esters is 1. The van der Waals surface area contributed by atoms with Crippen molar-refractivity contribution in [2.45, 2.75) is 19.2 Å². The highest BCUT2D eigenvalue weighted by Gasteiger charge is 2.28. The number of nitrogens with zero attached hydrogens (tertiary/aromatic N) is 3. The average molecular weight is 516 g/mol. The zero-order valence-corrected chi connectivity index (χ0v) is 21.0. The van der Waals surface area contributed by atoms with E-state index >= 15 is 0 Å². The van der Waals surface area contributed by atoms with Crippen LogP contribution in [0.5, 0.6) is 0 Å². The van der Waals surface area contributed by atoms with E-state index in [9.17, 15) is 14.4 Å². The second kappa shape index (κ2) is 13.0. The first-order valence-corrected chi connectivity index (χ1v) is 12.2. The topological polar surface area (TPSA) is 122 Å². The van der Waals surface area contributed by atoms with Crippen molar-refractivity contribution in [3.05, 3.63) is 95.2 Å². The van der Waals surface area contributed by atoms with Gasteiger partial charge in [-0.05, 0) is 41.0 Å². The Hall–Kier alpha value is -4.73. The standard InChI is InChI=1S/C28H29N5O5/c1-37-27(35)24(32-28(36)38-19-20-7-3-2-4-8-20)18-33(14-13-31-25-9-5-6-12-30-25)26(34)21-10-11-22-16-29-17-23(22)15-21/h2-12,15,17,24H,13-14,16,18-19H2,1H3,(H,30,31)(H,32,36). The summed E-state index contributed by atoms with van der Waals surface area (Å²) in [6.45, 7) is 1.09. The Balaban J connectivity index is 1.47. The van der Waals surface area contributed by atoms with Gasteiger partial charge in [0, 0.05) is 31.1 Å². The maximum Gasteiger partial charge on any atom is 0.408 e. The first kappa shape index (κ1) is 26.3. The Labute approximate surface area is 220 Å². The van der Waals surface area contributed by atoms with E-state index in [2.05, 4.69) is 20.6 Å². The summed E-state index contributed by atoms with van der Waals surface area (Å²) in [6.07, 6.45) is 2.60. The number of ether oxygens (including phenoxy) is 2. The highest BCUT2D eigenvalue weighted by atomic mass is 16.6. The fourth-order valence-electron chi connectivity index (χ4n) is 3.93. The molecule has 196 valence electrons. The molecule has 0 saturated heterocycles. The number of amides is 2. The van der Waals surface area contributed by atoms with E-state index in [4.69, 9.17) is 9.47 Å². The van der Waals surface area contributed by atoms with Crippen molar-refractivity contribution in [1.82, 2.24) is 15.2 Å². The van der Waals surface area contributed by atoms with Crippen LogP contribution in [0.15, 0.2) is 77.9 Å². The minimum atomic E-state index is -1.14. The number of nitrogens with one attached hydrogen (secondary N) is 2. The van der Waals surface area contributed by atoms with Crippen LogP contribution >= 0.6 is 0 Å². The summed E-state index contributed by atoms with van der Waals surface area (Å²) >= 11 is 0. The molecule has 1 aliphatic rings. The van der Waals surface area contributed by atoms with Gasteiger partial charge in [0.2, 0.25) is 0 Å². The predicted molar refractivity (Wildman–Crippen MR) is 142 cm³/mol. The molecule has 2 N–H and O–H groups in total. The van der Waals surface area contributed by atoms with Crippen molar-refractivity contribution in [3.8, 4) is 0 Å². The number of benzene rings is 2. The van der Waals surface area contributed by atoms with E-state index in [0.29, 0.717) is 24.5 Å².